The average Bonchev–Trinajstić information content (AvgIpc) is 2.29. The summed E-state index contributed by atoms with van der Waals surface area (Å²) in [5.41, 5.74) is 1.28. The van der Waals surface area contributed by atoms with Crippen LogP contribution in [-0.2, 0) is 0 Å². The van der Waals surface area contributed by atoms with Crippen molar-refractivity contribution in [2.75, 3.05) is 0 Å². The van der Waals surface area contributed by atoms with Crippen molar-refractivity contribution in [3.63, 3.8) is 0 Å². The molecule has 0 unspecified atom stereocenters. The quantitative estimate of drug-likeness (QED) is 0.772. The Bertz CT molecular complexity index is 514. The van der Waals surface area contributed by atoms with E-state index in [-0.39, 0.29) is 5.82 Å². The van der Waals surface area contributed by atoms with Gasteiger partial charge in [-0.3, -0.25) is 0 Å². The fourth-order valence-electron chi connectivity index (χ4n) is 1.67. The molecular weight excluding hydrogens is 274 g/mol. The Morgan fingerprint density at radius 1 is 1.00 bits per heavy atom. The van der Waals surface area contributed by atoms with Crippen molar-refractivity contribution >= 4 is 17.7 Å². The number of nitrogens with zero attached hydrogens (tertiary/aromatic N) is 1. The summed E-state index contributed by atoms with van der Waals surface area (Å²) in [6, 6.07) is 10.8. The van der Waals surface area contributed by atoms with Gasteiger partial charge in [-0.1, -0.05) is 0 Å². The average molecular weight is 290 g/mol. The SMILES string of the molecule is [CH3][Ge]([CH3])([CH3])[c]1ccc(-c2ccccc2F)nc1. The van der Waals surface area contributed by atoms with Gasteiger partial charge in [0.05, 0.1) is 0 Å². The number of halogens is 1. The molecule has 0 amide bonds. The Kier molecular flexibility index (Phi) is 3.34. The molecule has 1 heterocycles. The number of hydrogen-bond acceptors (Lipinski definition) is 1. The fraction of sp³-hybridized carbons (Fsp3) is 0.214. The van der Waals surface area contributed by atoms with Gasteiger partial charge in [0, 0.05) is 0 Å². The van der Waals surface area contributed by atoms with Crippen LogP contribution >= 0.6 is 0 Å². The minimum absolute atomic E-state index is 0.218. The molecule has 1 aromatic carbocycles. The van der Waals surface area contributed by atoms with Gasteiger partial charge in [0.15, 0.2) is 0 Å². The molecule has 0 saturated carbocycles. The number of pyridine rings is 1. The summed E-state index contributed by atoms with van der Waals surface area (Å²) in [7, 11) is 0. The second-order valence-corrected chi connectivity index (χ2v) is 15.8. The molecule has 0 bridgehead atoms. The first-order valence-electron chi connectivity index (χ1n) is 5.70. The first kappa shape index (κ1) is 12.3. The van der Waals surface area contributed by atoms with Crippen LogP contribution in [0.4, 0.5) is 4.39 Å². The zero-order valence-corrected chi connectivity index (χ0v) is 12.5. The van der Waals surface area contributed by atoms with Crippen LogP contribution in [-0.4, -0.2) is 18.3 Å². The first-order chi connectivity index (χ1) is 7.98. The first-order valence-corrected chi connectivity index (χ1v) is 13.0. The van der Waals surface area contributed by atoms with Gasteiger partial charge < -0.3 is 0 Å². The molecule has 17 heavy (non-hydrogen) atoms. The second-order valence-electron chi connectivity index (χ2n) is 5.16. The molecule has 88 valence electrons. The molecule has 2 rings (SSSR count). The molecule has 1 nitrogen and oxygen atoms in total. The summed E-state index contributed by atoms with van der Waals surface area (Å²) in [6.07, 6.45) is 1.90. The monoisotopic (exact) mass is 291 g/mol. The summed E-state index contributed by atoms with van der Waals surface area (Å²) >= 11 is -1.82. The third kappa shape index (κ3) is 2.75. The molecule has 3 heteroatoms. The zero-order valence-electron chi connectivity index (χ0n) is 10.4. The van der Waals surface area contributed by atoms with Crippen LogP contribution in [0.2, 0.25) is 17.3 Å². The molecule has 0 aliphatic carbocycles. The maximum absolute atomic E-state index is 13.6. The van der Waals surface area contributed by atoms with Gasteiger partial charge >= 0.3 is 104 Å². The van der Waals surface area contributed by atoms with E-state index in [2.05, 4.69) is 28.3 Å². The van der Waals surface area contributed by atoms with Crippen LogP contribution in [0.15, 0.2) is 42.6 Å². The third-order valence-corrected chi connectivity index (χ3v) is 7.03. The molecule has 0 aliphatic rings. The van der Waals surface area contributed by atoms with E-state index < -0.39 is 13.3 Å². The Hall–Kier alpha value is -1.16. The Labute approximate surface area is 104 Å². The summed E-state index contributed by atoms with van der Waals surface area (Å²) in [5.74, 6) is 6.74. The maximum atomic E-state index is 13.6. The predicted octanol–water partition coefficient (Wildman–Crippen LogP) is 3.43. The van der Waals surface area contributed by atoms with E-state index in [0.29, 0.717) is 11.3 Å². The second kappa shape index (κ2) is 4.61. The van der Waals surface area contributed by atoms with Crippen LogP contribution < -0.4 is 4.40 Å². The molecule has 1 aromatic heterocycles. The molecule has 0 N–H and O–H groups in total. The normalized spacial score (nSPS) is 11.5. The molecule has 2 aromatic rings. The Balaban J connectivity index is 2.40. The molecule has 0 spiro atoms. The van der Waals surface area contributed by atoms with Crippen LogP contribution in [0.3, 0.4) is 0 Å². The van der Waals surface area contributed by atoms with Crippen LogP contribution in [0.1, 0.15) is 0 Å². The van der Waals surface area contributed by atoms with E-state index in [0.717, 1.165) is 0 Å². The van der Waals surface area contributed by atoms with Crippen molar-refractivity contribution in [1.29, 1.82) is 0 Å². The van der Waals surface area contributed by atoms with E-state index in [9.17, 15) is 4.39 Å². The summed E-state index contributed by atoms with van der Waals surface area (Å²) < 4.78 is 14.9. The molecule has 0 radical (unpaired) electrons. The van der Waals surface area contributed by atoms with Crippen LogP contribution in [0.25, 0.3) is 11.3 Å². The van der Waals surface area contributed by atoms with E-state index in [1.165, 1.54) is 10.5 Å². The van der Waals surface area contributed by atoms with Crippen LogP contribution in [0.5, 0.6) is 0 Å². The molecule has 0 fully saturated rings. The zero-order chi connectivity index (χ0) is 12.5. The van der Waals surface area contributed by atoms with Crippen LogP contribution in [0, 0.1) is 5.82 Å². The predicted molar refractivity (Wildman–Crippen MR) is 72.6 cm³/mol. The van der Waals surface area contributed by atoms with E-state index in [1.807, 2.05) is 18.3 Å². The molecule has 0 aliphatic heterocycles. The topological polar surface area (TPSA) is 12.9 Å². The Morgan fingerprint density at radius 3 is 2.24 bits per heavy atom. The Morgan fingerprint density at radius 2 is 1.71 bits per heavy atom. The summed E-state index contributed by atoms with van der Waals surface area (Å²) in [4.78, 5) is 4.38. The van der Waals surface area contributed by atoms with E-state index in [4.69, 9.17) is 0 Å². The third-order valence-electron chi connectivity index (χ3n) is 2.78. The summed E-state index contributed by atoms with van der Waals surface area (Å²) in [6.45, 7) is 0. The van der Waals surface area contributed by atoms with Crippen molar-refractivity contribution in [2.24, 2.45) is 0 Å². The van der Waals surface area contributed by atoms with Crippen molar-refractivity contribution < 1.29 is 4.39 Å². The molecule has 0 saturated heterocycles. The molecular formula is C14H16FGeN. The van der Waals surface area contributed by atoms with Crippen molar-refractivity contribution in [3.8, 4) is 11.3 Å². The minimum atomic E-state index is -1.82. The van der Waals surface area contributed by atoms with Crippen molar-refractivity contribution in [2.45, 2.75) is 17.3 Å². The summed E-state index contributed by atoms with van der Waals surface area (Å²) in [5, 5.41) is 0. The number of hydrogen-bond donors (Lipinski definition) is 0. The van der Waals surface area contributed by atoms with Gasteiger partial charge in [-0.25, -0.2) is 0 Å². The fourth-order valence-corrected chi connectivity index (χ4v) is 3.84. The van der Waals surface area contributed by atoms with Gasteiger partial charge in [0.1, 0.15) is 0 Å². The van der Waals surface area contributed by atoms with Gasteiger partial charge in [0.2, 0.25) is 0 Å². The number of aromatic nitrogens is 1. The van der Waals surface area contributed by atoms with E-state index >= 15 is 0 Å². The van der Waals surface area contributed by atoms with E-state index in [1.54, 1.807) is 12.1 Å². The van der Waals surface area contributed by atoms with Gasteiger partial charge in [-0.2, -0.15) is 0 Å². The number of benzene rings is 1. The molecule has 0 atom stereocenters. The van der Waals surface area contributed by atoms with Crippen molar-refractivity contribution in [1.82, 2.24) is 4.98 Å². The van der Waals surface area contributed by atoms with Gasteiger partial charge in [0.25, 0.3) is 0 Å². The van der Waals surface area contributed by atoms with Gasteiger partial charge in [-0.15, -0.1) is 0 Å². The van der Waals surface area contributed by atoms with Crippen molar-refractivity contribution in [3.05, 3.63) is 48.4 Å². The standard InChI is InChI=1S/C14H16FGeN/c1-16(2,3)11-8-9-14(17-10-11)12-6-4-5-7-13(12)15/h4-10H,1-3H3. The van der Waals surface area contributed by atoms with Gasteiger partial charge in [-0.05, 0) is 0 Å². The number of rotatable bonds is 2.